The van der Waals surface area contributed by atoms with E-state index < -0.39 is 0 Å². The number of hydrogen-bond donors (Lipinski definition) is 1. The van der Waals surface area contributed by atoms with Crippen molar-refractivity contribution in [1.82, 2.24) is 14.8 Å². The van der Waals surface area contributed by atoms with Crippen molar-refractivity contribution < 1.29 is 14.3 Å². The number of carbonyl (C=O) groups excluding carboxylic acids is 1. The number of aryl methyl sites for hydroxylation is 1. The first kappa shape index (κ1) is 23.6. The van der Waals surface area contributed by atoms with Crippen LogP contribution in [0.5, 0.6) is 11.5 Å². The number of fused-ring (bicyclic) bond motifs is 1. The molecule has 2 aromatic heterocycles. The number of nitrogens with zero attached hydrogens (tertiary/aromatic N) is 3. The van der Waals surface area contributed by atoms with Gasteiger partial charge in [-0.1, -0.05) is 36.4 Å². The molecule has 0 saturated heterocycles. The Labute approximate surface area is 214 Å². The third-order valence-corrected chi connectivity index (χ3v) is 6.21. The number of ether oxygens (including phenoxy) is 2. The number of para-hydroxylation sites is 2. The highest BCUT2D eigenvalue weighted by atomic mass is 16.5. The Hall–Kier alpha value is -5.09. The zero-order valence-corrected chi connectivity index (χ0v) is 20.6. The summed E-state index contributed by atoms with van der Waals surface area (Å²) in [6.45, 7) is 1.84. The highest BCUT2D eigenvalue weighted by Gasteiger charge is 2.21. The van der Waals surface area contributed by atoms with Crippen LogP contribution >= 0.6 is 0 Å². The molecule has 7 nitrogen and oxygen atoms in total. The summed E-state index contributed by atoms with van der Waals surface area (Å²) in [5.41, 5.74) is 4.90. The van der Waals surface area contributed by atoms with Crippen molar-refractivity contribution in [3.63, 3.8) is 0 Å². The normalized spacial score (nSPS) is 11.4. The molecule has 0 aliphatic carbocycles. The minimum atomic E-state index is -0.344. The molecule has 1 N–H and O–H groups in total. The lowest BCUT2D eigenvalue weighted by Gasteiger charge is -2.09. The van der Waals surface area contributed by atoms with Crippen LogP contribution in [-0.2, 0) is 0 Å². The molecule has 0 saturated carbocycles. The highest BCUT2D eigenvalue weighted by Crippen LogP contribution is 2.34. The Bertz CT molecular complexity index is 1690. The summed E-state index contributed by atoms with van der Waals surface area (Å²) in [4.78, 5) is 16.8. The standard InChI is InChI=1S/C30H24N4O3/c1-19-28(24-11-7-8-12-25(24)32-19)30(35)21(17-31)15-22-18-34(23-9-5-4-6-10-23)33-29(22)20-13-14-26(36-2)27(16-20)37-3/h4-16,18,32H,1-3H3/b21-15-. The number of hydrogen-bond acceptors (Lipinski definition) is 5. The molecule has 0 amide bonds. The average molecular weight is 489 g/mol. The van der Waals surface area contributed by atoms with Gasteiger partial charge in [0.15, 0.2) is 11.5 Å². The SMILES string of the molecule is COc1ccc(-c2nn(-c3ccccc3)cc2/C=C(/C#N)C(=O)c2c(C)[nH]c3ccccc23)cc1OC. The van der Waals surface area contributed by atoms with Crippen molar-refractivity contribution in [3.8, 4) is 34.5 Å². The van der Waals surface area contributed by atoms with Crippen LogP contribution in [0.2, 0.25) is 0 Å². The van der Waals surface area contributed by atoms with Gasteiger partial charge in [0, 0.05) is 33.9 Å². The smallest absolute Gasteiger partial charge is 0.205 e. The first-order valence-corrected chi connectivity index (χ1v) is 11.6. The molecule has 0 bridgehead atoms. The van der Waals surface area contributed by atoms with Crippen molar-refractivity contribution in [2.24, 2.45) is 0 Å². The van der Waals surface area contributed by atoms with Gasteiger partial charge in [0.05, 0.1) is 25.5 Å². The predicted octanol–water partition coefficient (Wildman–Crippen LogP) is 6.14. The van der Waals surface area contributed by atoms with Crippen LogP contribution in [0.15, 0.2) is 84.6 Å². The maximum absolute atomic E-state index is 13.6. The van der Waals surface area contributed by atoms with Crippen molar-refractivity contribution in [2.45, 2.75) is 6.92 Å². The maximum atomic E-state index is 13.6. The van der Waals surface area contributed by atoms with Gasteiger partial charge in [0.25, 0.3) is 0 Å². The van der Waals surface area contributed by atoms with Crippen molar-refractivity contribution >= 4 is 22.8 Å². The number of H-pyrrole nitrogens is 1. The van der Waals surface area contributed by atoms with Gasteiger partial charge in [-0.3, -0.25) is 4.79 Å². The number of methoxy groups -OCH3 is 2. The van der Waals surface area contributed by atoms with Crippen molar-refractivity contribution in [3.05, 3.63) is 101 Å². The second-order valence-electron chi connectivity index (χ2n) is 8.45. The molecule has 0 radical (unpaired) electrons. The van der Waals surface area contributed by atoms with Gasteiger partial charge in [-0.2, -0.15) is 10.4 Å². The fourth-order valence-electron chi connectivity index (χ4n) is 4.42. The lowest BCUT2D eigenvalue weighted by Crippen LogP contribution is -2.03. The number of aromatic amines is 1. The van der Waals surface area contributed by atoms with E-state index in [1.807, 2.05) is 79.9 Å². The Morgan fingerprint density at radius 2 is 1.73 bits per heavy atom. The minimum Gasteiger partial charge on any atom is -0.493 e. The monoisotopic (exact) mass is 488 g/mol. The number of benzene rings is 3. The topological polar surface area (TPSA) is 92.9 Å². The number of aromatic nitrogens is 3. The molecule has 182 valence electrons. The van der Waals surface area contributed by atoms with Crippen LogP contribution in [0.25, 0.3) is 33.9 Å². The molecule has 0 atom stereocenters. The van der Waals surface area contributed by atoms with Gasteiger partial charge in [0.1, 0.15) is 17.3 Å². The van der Waals surface area contributed by atoms with Gasteiger partial charge in [-0.05, 0) is 49.4 Å². The molecule has 5 rings (SSSR count). The molecule has 0 unspecified atom stereocenters. The Kier molecular flexibility index (Phi) is 6.31. The van der Waals surface area contributed by atoms with E-state index in [9.17, 15) is 10.1 Å². The summed E-state index contributed by atoms with van der Waals surface area (Å²) >= 11 is 0. The van der Waals surface area contributed by atoms with Crippen LogP contribution in [0.1, 0.15) is 21.6 Å². The fraction of sp³-hybridized carbons (Fsp3) is 0.100. The zero-order chi connectivity index (χ0) is 25.9. The summed E-state index contributed by atoms with van der Waals surface area (Å²) in [5.74, 6) is 0.798. The second-order valence-corrected chi connectivity index (χ2v) is 8.45. The summed E-state index contributed by atoms with van der Waals surface area (Å²) in [6.07, 6.45) is 3.41. The number of rotatable bonds is 7. The molecule has 0 spiro atoms. The molecule has 5 aromatic rings. The molecule has 2 heterocycles. The Balaban J connectivity index is 1.67. The summed E-state index contributed by atoms with van der Waals surface area (Å²) in [7, 11) is 3.15. The molecule has 37 heavy (non-hydrogen) atoms. The predicted molar refractivity (Wildman–Crippen MR) is 143 cm³/mol. The van der Waals surface area contributed by atoms with Crippen LogP contribution in [-0.4, -0.2) is 34.8 Å². The van der Waals surface area contributed by atoms with E-state index >= 15 is 0 Å². The van der Waals surface area contributed by atoms with Gasteiger partial charge < -0.3 is 14.5 Å². The number of nitriles is 1. The number of carbonyl (C=O) groups is 1. The van der Waals surface area contributed by atoms with E-state index in [0.29, 0.717) is 34.0 Å². The largest absolute Gasteiger partial charge is 0.493 e. The Morgan fingerprint density at radius 1 is 1.00 bits per heavy atom. The molecule has 7 heteroatoms. The van der Waals surface area contributed by atoms with Crippen LogP contribution in [0.3, 0.4) is 0 Å². The number of Topliss-reactive ketones (excluding diaryl/α,β-unsaturated/α-hetero) is 1. The first-order chi connectivity index (χ1) is 18.0. The third kappa shape index (κ3) is 4.37. The van der Waals surface area contributed by atoms with E-state index in [-0.39, 0.29) is 11.4 Å². The fourth-order valence-corrected chi connectivity index (χ4v) is 4.42. The van der Waals surface area contributed by atoms with Gasteiger partial charge in [0.2, 0.25) is 5.78 Å². The average Bonchev–Trinajstić information content (AvgIpc) is 3.51. The third-order valence-electron chi connectivity index (χ3n) is 6.21. The van der Waals surface area contributed by atoms with E-state index in [1.54, 1.807) is 31.0 Å². The number of allylic oxidation sites excluding steroid dienone is 1. The number of ketones is 1. The quantitative estimate of drug-likeness (QED) is 0.169. The number of nitrogens with one attached hydrogen (secondary N) is 1. The van der Waals surface area contributed by atoms with Gasteiger partial charge in [-0.25, -0.2) is 4.68 Å². The maximum Gasteiger partial charge on any atom is 0.205 e. The molecular formula is C30H24N4O3. The van der Waals surface area contributed by atoms with Crippen LogP contribution in [0.4, 0.5) is 0 Å². The lowest BCUT2D eigenvalue weighted by molar-refractivity contribution is 0.104. The van der Waals surface area contributed by atoms with Crippen LogP contribution < -0.4 is 9.47 Å². The molecule has 3 aromatic carbocycles. The summed E-state index contributed by atoms with van der Waals surface area (Å²) in [5, 5.41) is 15.6. The second kappa shape index (κ2) is 9.88. The summed E-state index contributed by atoms with van der Waals surface area (Å²) < 4.78 is 12.6. The molecular weight excluding hydrogens is 464 g/mol. The van der Waals surface area contributed by atoms with Crippen LogP contribution in [0, 0.1) is 18.3 Å². The van der Waals surface area contributed by atoms with Gasteiger partial charge >= 0.3 is 0 Å². The first-order valence-electron chi connectivity index (χ1n) is 11.6. The van der Waals surface area contributed by atoms with Gasteiger partial charge in [-0.15, -0.1) is 0 Å². The zero-order valence-electron chi connectivity index (χ0n) is 20.6. The van der Waals surface area contributed by atoms with Crippen molar-refractivity contribution in [1.29, 1.82) is 5.26 Å². The minimum absolute atomic E-state index is 0.0159. The van der Waals surface area contributed by atoms with E-state index in [2.05, 4.69) is 11.1 Å². The molecule has 0 aliphatic heterocycles. The molecule has 0 fully saturated rings. The van der Waals surface area contributed by atoms with E-state index in [0.717, 1.165) is 22.2 Å². The molecule has 0 aliphatic rings. The van der Waals surface area contributed by atoms with Crippen molar-refractivity contribution in [2.75, 3.05) is 14.2 Å². The van der Waals surface area contributed by atoms with E-state index in [4.69, 9.17) is 14.6 Å². The highest BCUT2D eigenvalue weighted by molar-refractivity contribution is 6.20. The Morgan fingerprint density at radius 3 is 2.46 bits per heavy atom. The summed E-state index contributed by atoms with van der Waals surface area (Å²) in [6, 6.07) is 24.8. The van der Waals surface area contributed by atoms with E-state index in [1.165, 1.54) is 0 Å². The lowest BCUT2D eigenvalue weighted by atomic mass is 9.98.